The fourth-order valence-electron chi connectivity index (χ4n) is 3.43. The molecule has 4 aromatic rings. The molecule has 1 atom stereocenters. The minimum atomic E-state index is -0.416. The van der Waals surface area contributed by atoms with Gasteiger partial charge in [0.2, 0.25) is 5.95 Å². The van der Waals surface area contributed by atoms with Crippen molar-refractivity contribution in [2.75, 3.05) is 5.32 Å². The number of carbonyl (C=O) groups excluding carboxylic acids is 1. The summed E-state index contributed by atoms with van der Waals surface area (Å²) in [6.45, 7) is 0. The Balaban J connectivity index is 1.73. The zero-order valence-electron chi connectivity index (χ0n) is 15.5. The smallest absolute Gasteiger partial charge is 0.243 e. The van der Waals surface area contributed by atoms with Crippen molar-refractivity contribution in [2.24, 2.45) is 7.05 Å². The van der Waals surface area contributed by atoms with Crippen LogP contribution in [0.4, 0.5) is 5.95 Å². The molecule has 0 bridgehead atoms. The first-order valence-electron chi connectivity index (χ1n) is 9.06. The number of pyridine rings is 1. The highest BCUT2D eigenvalue weighted by atomic mass is 32.2. The van der Waals surface area contributed by atoms with E-state index in [0.29, 0.717) is 11.5 Å². The molecule has 7 nitrogen and oxygen atoms in total. The normalized spacial score (nSPS) is 16.0. The highest BCUT2D eigenvalue weighted by Gasteiger charge is 2.31. The number of aldehydes is 1. The number of nitrogens with one attached hydrogen (secondary N) is 1. The summed E-state index contributed by atoms with van der Waals surface area (Å²) in [4.78, 5) is 18.0. The Morgan fingerprint density at radius 1 is 1.10 bits per heavy atom. The lowest BCUT2D eigenvalue weighted by molar-refractivity contribution is -0.105. The van der Waals surface area contributed by atoms with E-state index in [0.717, 1.165) is 38.2 Å². The Hall–Kier alpha value is -3.52. The van der Waals surface area contributed by atoms with Gasteiger partial charge >= 0.3 is 0 Å². The van der Waals surface area contributed by atoms with Gasteiger partial charge in [-0.1, -0.05) is 65.4 Å². The summed E-state index contributed by atoms with van der Waals surface area (Å²) < 4.78 is 1.54. The average molecular weight is 400 g/mol. The number of fused-ring (bicyclic) bond motifs is 2. The predicted molar refractivity (Wildman–Crippen MR) is 112 cm³/mol. The molecule has 0 radical (unpaired) electrons. The number of aromatic nitrogens is 5. The molecule has 2 aromatic carbocycles. The van der Waals surface area contributed by atoms with E-state index in [1.54, 1.807) is 11.7 Å². The van der Waals surface area contributed by atoms with E-state index in [-0.39, 0.29) is 0 Å². The second-order valence-electron chi connectivity index (χ2n) is 6.65. The Bertz CT molecular complexity index is 1250. The molecule has 0 aliphatic carbocycles. The fraction of sp³-hybridized carbons (Fsp3) is 0.0952. The molecule has 0 spiro atoms. The van der Waals surface area contributed by atoms with Gasteiger partial charge in [0.15, 0.2) is 0 Å². The van der Waals surface area contributed by atoms with E-state index in [9.17, 15) is 4.79 Å². The number of benzene rings is 2. The molecule has 29 heavy (non-hydrogen) atoms. The van der Waals surface area contributed by atoms with Gasteiger partial charge in [0.1, 0.15) is 11.3 Å². The Kier molecular flexibility index (Phi) is 4.33. The quantitative estimate of drug-likeness (QED) is 0.524. The first-order valence-corrected chi connectivity index (χ1v) is 9.87. The van der Waals surface area contributed by atoms with Crippen LogP contribution in [0.15, 0.2) is 71.3 Å². The molecule has 1 aliphatic rings. The van der Waals surface area contributed by atoms with Gasteiger partial charge in [-0.05, 0) is 28.1 Å². The number of carbonyl (C=O) groups is 1. The van der Waals surface area contributed by atoms with E-state index in [4.69, 9.17) is 4.98 Å². The van der Waals surface area contributed by atoms with Gasteiger partial charge in [-0.3, -0.25) is 4.79 Å². The second-order valence-corrected chi connectivity index (χ2v) is 7.65. The summed E-state index contributed by atoms with van der Waals surface area (Å²) in [6.07, 6.45) is 0.912. The van der Waals surface area contributed by atoms with Crippen molar-refractivity contribution in [3.05, 3.63) is 77.4 Å². The molecule has 1 unspecified atom stereocenters. The first-order chi connectivity index (χ1) is 14.2. The van der Waals surface area contributed by atoms with Crippen LogP contribution >= 0.6 is 11.8 Å². The molecular weight excluding hydrogens is 384 g/mol. The maximum Gasteiger partial charge on any atom is 0.243 e. The first kappa shape index (κ1) is 17.6. The number of para-hydroxylation sites is 1. The van der Waals surface area contributed by atoms with E-state index < -0.39 is 6.04 Å². The Morgan fingerprint density at radius 3 is 2.66 bits per heavy atom. The van der Waals surface area contributed by atoms with Gasteiger partial charge in [0.25, 0.3) is 0 Å². The number of tetrazole rings is 1. The van der Waals surface area contributed by atoms with E-state index >= 15 is 0 Å². The minimum Gasteiger partial charge on any atom is -0.342 e. The van der Waals surface area contributed by atoms with Crippen LogP contribution in [0.25, 0.3) is 15.8 Å². The summed E-state index contributed by atoms with van der Waals surface area (Å²) in [5, 5.41) is 16.8. The lowest BCUT2D eigenvalue weighted by Gasteiger charge is -2.28. The van der Waals surface area contributed by atoms with Crippen molar-refractivity contribution in [1.29, 1.82) is 0 Å². The third kappa shape index (κ3) is 3.07. The zero-order chi connectivity index (χ0) is 19.8. The van der Waals surface area contributed by atoms with Gasteiger partial charge in [0.05, 0.1) is 11.6 Å². The van der Waals surface area contributed by atoms with Crippen LogP contribution in [0.5, 0.6) is 0 Å². The van der Waals surface area contributed by atoms with Gasteiger partial charge in [-0.15, -0.1) is 0 Å². The van der Waals surface area contributed by atoms with Crippen LogP contribution in [-0.4, -0.2) is 31.5 Å². The van der Waals surface area contributed by atoms with E-state index in [1.807, 2.05) is 54.6 Å². The van der Waals surface area contributed by atoms with Crippen molar-refractivity contribution < 1.29 is 4.79 Å². The third-order valence-electron chi connectivity index (χ3n) is 4.86. The van der Waals surface area contributed by atoms with Crippen molar-refractivity contribution in [1.82, 2.24) is 25.2 Å². The zero-order valence-corrected chi connectivity index (χ0v) is 16.3. The van der Waals surface area contributed by atoms with Gasteiger partial charge in [0, 0.05) is 28.5 Å². The van der Waals surface area contributed by atoms with Crippen LogP contribution in [0.2, 0.25) is 0 Å². The Labute approximate surface area is 170 Å². The molecule has 0 saturated carbocycles. The molecule has 0 saturated heterocycles. The standard InChI is InChI=1S/C21H16N6OS/c1-27-21(24-25-26-27)23-18-15-11-14-9-5-6-10-17(14)22-20(15)29-19(16(18)12-28)13-7-3-2-4-8-13/h2-12,18H,1H3,(H,23,24,26). The van der Waals surface area contributed by atoms with Crippen LogP contribution in [0, 0.1) is 0 Å². The van der Waals surface area contributed by atoms with E-state index in [1.165, 1.54) is 11.8 Å². The lowest BCUT2D eigenvalue weighted by atomic mass is 9.96. The molecule has 1 aliphatic heterocycles. The number of aryl methyl sites for hydroxylation is 1. The summed E-state index contributed by atoms with van der Waals surface area (Å²) in [5.74, 6) is 0.479. The van der Waals surface area contributed by atoms with Crippen LogP contribution < -0.4 is 5.32 Å². The molecule has 142 valence electrons. The fourth-order valence-corrected chi connectivity index (χ4v) is 4.60. The Morgan fingerprint density at radius 2 is 1.90 bits per heavy atom. The maximum absolute atomic E-state index is 12.3. The minimum absolute atomic E-state index is 0.416. The van der Waals surface area contributed by atoms with Gasteiger partial charge < -0.3 is 5.32 Å². The molecule has 0 fully saturated rings. The number of anilines is 1. The number of thioether (sulfide) groups is 1. The van der Waals surface area contributed by atoms with Crippen LogP contribution in [0.1, 0.15) is 17.2 Å². The molecule has 3 heterocycles. The largest absolute Gasteiger partial charge is 0.342 e. The second kappa shape index (κ2) is 7.14. The van der Waals surface area contributed by atoms with Gasteiger partial charge in [-0.2, -0.15) is 0 Å². The SMILES string of the molecule is Cn1nnnc1NC1C(C=O)=C(c2ccccc2)Sc2nc3ccccc3cc21. The lowest BCUT2D eigenvalue weighted by Crippen LogP contribution is -2.21. The van der Waals surface area contributed by atoms with Crippen molar-refractivity contribution in [3.8, 4) is 0 Å². The third-order valence-corrected chi connectivity index (χ3v) is 6.05. The van der Waals surface area contributed by atoms with Crippen molar-refractivity contribution in [2.45, 2.75) is 11.1 Å². The van der Waals surface area contributed by atoms with E-state index in [2.05, 4.69) is 26.9 Å². The van der Waals surface area contributed by atoms with Crippen molar-refractivity contribution >= 4 is 39.8 Å². The highest BCUT2D eigenvalue weighted by Crippen LogP contribution is 2.48. The van der Waals surface area contributed by atoms with Crippen molar-refractivity contribution in [3.63, 3.8) is 0 Å². The van der Waals surface area contributed by atoms with Gasteiger partial charge in [-0.25, -0.2) is 9.67 Å². The maximum atomic E-state index is 12.3. The molecule has 5 rings (SSSR count). The van der Waals surface area contributed by atoms with Crippen LogP contribution in [0.3, 0.4) is 0 Å². The molecule has 1 N–H and O–H groups in total. The topological polar surface area (TPSA) is 85.6 Å². The number of hydrogen-bond acceptors (Lipinski definition) is 7. The highest BCUT2D eigenvalue weighted by molar-refractivity contribution is 8.08. The number of hydrogen-bond donors (Lipinski definition) is 1. The van der Waals surface area contributed by atoms with Crippen LogP contribution in [-0.2, 0) is 11.8 Å². The summed E-state index contributed by atoms with van der Waals surface area (Å²) in [7, 11) is 1.75. The predicted octanol–water partition coefficient (Wildman–Crippen LogP) is 3.63. The monoisotopic (exact) mass is 400 g/mol. The molecule has 0 amide bonds. The summed E-state index contributed by atoms with van der Waals surface area (Å²) in [6, 6.07) is 19.5. The molecule has 8 heteroatoms. The number of rotatable bonds is 4. The summed E-state index contributed by atoms with van der Waals surface area (Å²) in [5.41, 5.74) is 3.45. The summed E-state index contributed by atoms with van der Waals surface area (Å²) >= 11 is 1.52. The number of nitrogens with zero attached hydrogens (tertiary/aromatic N) is 5. The molecular formula is C21H16N6OS. The average Bonchev–Trinajstić information content (AvgIpc) is 3.17. The molecule has 2 aromatic heterocycles.